The third kappa shape index (κ3) is 5.05. The van der Waals surface area contributed by atoms with E-state index in [0.717, 1.165) is 6.07 Å². The highest BCUT2D eigenvalue weighted by atomic mass is 35.5. The minimum absolute atomic E-state index is 0. The Bertz CT molecular complexity index is 380. The van der Waals surface area contributed by atoms with E-state index in [-0.39, 0.29) is 24.6 Å². The molecule has 98 valence electrons. The van der Waals surface area contributed by atoms with Gasteiger partial charge < -0.3 is 10.2 Å². The molecule has 0 amide bonds. The lowest BCUT2D eigenvalue weighted by Crippen LogP contribution is -2.15. The first-order chi connectivity index (χ1) is 7.29. The Morgan fingerprint density at radius 2 is 2.06 bits per heavy atom. The molecule has 1 atom stereocenters. The number of nitrogens with two attached hydrogens (primary N) is 1. The van der Waals surface area contributed by atoms with Crippen LogP contribution in [0.1, 0.15) is 24.6 Å². The van der Waals surface area contributed by atoms with Gasteiger partial charge in [-0.1, -0.05) is 0 Å². The first-order valence-corrected chi connectivity index (χ1v) is 4.36. The van der Waals surface area contributed by atoms with E-state index in [1.165, 1.54) is 6.07 Å². The van der Waals surface area contributed by atoms with Gasteiger partial charge in [0.25, 0.3) is 0 Å². The topological polar surface area (TPSA) is 82.3 Å². The van der Waals surface area contributed by atoms with Crippen molar-refractivity contribution in [2.24, 2.45) is 5.73 Å². The Morgan fingerprint density at radius 1 is 1.47 bits per heavy atom. The van der Waals surface area contributed by atoms with Gasteiger partial charge in [-0.25, -0.2) is 0 Å². The summed E-state index contributed by atoms with van der Waals surface area (Å²) in [5.74, 6) is -0.548. The fourth-order valence-electron chi connectivity index (χ4n) is 1.10. The second-order valence-corrected chi connectivity index (χ2v) is 3.19. The van der Waals surface area contributed by atoms with E-state index in [0.29, 0.717) is 0 Å². The van der Waals surface area contributed by atoms with E-state index >= 15 is 0 Å². The highest BCUT2D eigenvalue weighted by molar-refractivity contribution is 5.85. The molecule has 0 aromatic carbocycles. The van der Waals surface area contributed by atoms with Gasteiger partial charge in [-0.3, -0.25) is 10.1 Å². The highest BCUT2D eigenvalue weighted by Crippen LogP contribution is 2.28. The van der Waals surface area contributed by atoms with Crippen molar-refractivity contribution in [3.8, 4) is 0 Å². The van der Waals surface area contributed by atoms with Gasteiger partial charge in [0.05, 0.1) is 12.1 Å². The van der Waals surface area contributed by atoms with Gasteiger partial charge in [-0.15, -0.1) is 12.4 Å². The molecule has 0 unspecified atom stereocenters. The molecular weight excluding hydrogens is 265 g/mol. The fourth-order valence-corrected chi connectivity index (χ4v) is 1.10. The monoisotopic (exact) mass is 274 g/mol. The van der Waals surface area contributed by atoms with Crippen molar-refractivity contribution in [2.45, 2.75) is 25.1 Å². The predicted octanol–water partition coefficient (Wildman–Crippen LogP) is 2.95. The summed E-state index contributed by atoms with van der Waals surface area (Å²) in [6.07, 6.45) is -5.72. The summed E-state index contributed by atoms with van der Waals surface area (Å²) in [6, 6.07) is 1.28. The highest BCUT2D eigenvalue weighted by Gasteiger charge is 2.28. The Balaban J connectivity index is 0.00000256. The molecule has 0 aliphatic rings. The van der Waals surface area contributed by atoms with E-state index in [9.17, 15) is 23.3 Å². The molecule has 0 radical (unpaired) electrons. The van der Waals surface area contributed by atoms with Crippen molar-refractivity contribution >= 4 is 18.3 Å². The second kappa shape index (κ2) is 5.87. The summed E-state index contributed by atoms with van der Waals surface area (Å²) in [4.78, 5) is 9.47. The third-order valence-corrected chi connectivity index (χ3v) is 1.90. The van der Waals surface area contributed by atoms with Gasteiger partial charge in [0.15, 0.2) is 0 Å². The molecule has 1 aromatic rings. The molecular formula is C8H10ClF3N2O3. The van der Waals surface area contributed by atoms with Crippen LogP contribution in [0.15, 0.2) is 16.5 Å². The van der Waals surface area contributed by atoms with Gasteiger partial charge in [0.2, 0.25) is 0 Å². The number of hydrogen-bond acceptors (Lipinski definition) is 4. The molecule has 0 aliphatic carbocycles. The second-order valence-electron chi connectivity index (χ2n) is 3.19. The number of nitro groups is 1. The SMILES string of the molecule is Cl.N[C@H](CCC(F)(F)F)c1ccc([N+](=O)[O-])o1. The number of halogens is 4. The Hall–Kier alpha value is -1.28. The quantitative estimate of drug-likeness (QED) is 0.676. The molecule has 0 bridgehead atoms. The first kappa shape index (κ1) is 15.7. The molecule has 17 heavy (non-hydrogen) atoms. The third-order valence-electron chi connectivity index (χ3n) is 1.90. The van der Waals surface area contributed by atoms with Gasteiger partial charge >= 0.3 is 12.1 Å². The van der Waals surface area contributed by atoms with Crippen molar-refractivity contribution in [2.75, 3.05) is 0 Å². The van der Waals surface area contributed by atoms with Crippen LogP contribution >= 0.6 is 12.4 Å². The summed E-state index contributed by atoms with van der Waals surface area (Å²) in [7, 11) is 0. The minimum atomic E-state index is -4.30. The average Bonchev–Trinajstić information content (AvgIpc) is 2.61. The van der Waals surface area contributed by atoms with Crippen LogP contribution in [0.3, 0.4) is 0 Å². The van der Waals surface area contributed by atoms with Gasteiger partial charge in [-0.2, -0.15) is 13.2 Å². The lowest BCUT2D eigenvalue weighted by molar-refractivity contribution is -0.402. The summed E-state index contributed by atoms with van der Waals surface area (Å²) in [5.41, 5.74) is 5.40. The lowest BCUT2D eigenvalue weighted by Gasteiger charge is -2.10. The molecule has 1 aromatic heterocycles. The van der Waals surface area contributed by atoms with Crippen LogP contribution in [0.25, 0.3) is 0 Å². The normalized spacial score (nSPS) is 12.9. The maximum Gasteiger partial charge on any atom is 0.433 e. The standard InChI is InChI=1S/C8H9F3N2O3.ClH/c9-8(10,11)4-3-5(12)6-1-2-7(16-6)13(14)15;/h1-2,5H,3-4,12H2;1H/t5-;/m1./s1. The van der Waals surface area contributed by atoms with Gasteiger partial charge in [-0.05, 0) is 12.5 Å². The van der Waals surface area contributed by atoms with Crippen molar-refractivity contribution < 1.29 is 22.5 Å². The van der Waals surface area contributed by atoms with Crippen molar-refractivity contribution in [1.29, 1.82) is 0 Å². The predicted molar refractivity (Wildman–Crippen MR) is 54.8 cm³/mol. The molecule has 0 aliphatic heterocycles. The molecule has 1 rings (SSSR count). The van der Waals surface area contributed by atoms with Gasteiger partial charge in [0, 0.05) is 6.42 Å². The smallest absolute Gasteiger partial charge is 0.404 e. The van der Waals surface area contributed by atoms with Crippen molar-refractivity contribution in [3.05, 3.63) is 28.0 Å². The van der Waals surface area contributed by atoms with E-state index in [1.54, 1.807) is 0 Å². The molecule has 0 fully saturated rings. The zero-order chi connectivity index (χ0) is 12.3. The first-order valence-electron chi connectivity index (χ1n) is 4.36. The van der Waals surface area contributed by atoms with Crippen molar-refractivity contribution in [3.63, 3.8) is 0 Å². The zero-order valence-electron chi connectivity index (χ0n) is 8.44. The number of nitrogens with zero attached hydrogens (tertiary/aromatic N) is 1. The lowest BCUT2D eigenvalue weighted by atomic mass is 10.1. The Morgan fingerprint density at radius 3 is 2.47 bits per heavy atom. The maximum atomic E-state index is 11.9. The van der Waals surface area contributed by atoms with Crippen LogP contribution in [0.2, 0.25) is 0 Å². The Kier molecular flexibility index (Phi) is 5.43. The van der Waals surface area contributed by atoms with Crippen LogP contribution in [0, 0.1) is 10.1 Å². The number of furan rings is 1. The van der Waals surface area contributed by atoms with Crippen molar-refractivity contribution in [1.82, 2.24) is 0 Å². The summed E-state index contributed by atoms with van der Waals surface area (Å²) in [5, 5.41) is 10.2. The van der Waals surface area contributed by atoms with Crippen LogP contribution < -0.4 is 5.73 Å². The van der Waals surface area contributed by atoms with Crippen LogP contribution in [-0.4, -0.2) is 11.1 Å². The maximum absolute atomic E-state index is 11.9. The molecule has 0 spiro atoms. The van der Waals surface area contributed by atoms with Crippen LogP contribution in [-0.2, 0) is 0 Å². The molecule has 9 heteroatoms. The molecule has 1 heterocycles. The summed E-state index contributed by atoms with van der Waals surface area (Å²) < 4.78 is 40.3. The minimum Gasteiger partial charge on any atom is -0.404 e. The van der Waals surface area contributed by atoms with E-state index in [1.807, 2.05) is 0 Å². The molecule has 2 N–H and O–H groups in total. The van der Waals surface area contributed by atoms with E-state index in [4.69, 9.17) is 5.73 Å². The van der Waals surface area contributed by atoms with Crippen LogP contribution in [0.4, 0.5) is 19.1 Å². The molecule has 5 nitrogen and oxygen atoms in total. The largest absolute Gasteiger partial charge is 0.433 e. The summed E-state index contributed by atoms with van der Waals surface area (Å²) >= 11 is 0. The number of rotatable bonds is 4. The zero-order valence-corrected chi connectivity index (χ0v) is 9.25. The average molecular weight is 275 g/mol. The van der Waals surface area contributed by atoms with Crippen LogP contribution in [0.5, 0.6) is 0 Å². The van der Waals surface area contributed by atoms with Gasteiger partial charge in [0.1, 0.15) is 10.7 Å². The number of alkyl halides is 3. The number of hydrogen-bond donors (Lipinski definition) is 1. The van der Waals surface area contributed by atoms with E-state index in [2.05, 4.69) is 4.42 Å². The molecule has 0 saturated carbocycles. The van der Waals surface area contributed by atoms with E-state index < -0.39 is 29.4 Å². The molecule has 0 saturated heterocycles. The fraction of sp³-hybridized carbons (Fsp3) is 0.500. The Labute approximate surface area is 100 Å². The summed E-state index contributed by atoms with van der Waals surface area (Å²) in [6.45, 7) is 0.